The number of hydrogen-bond donors (Lipinski definition) is 0. The summed E-state index contributed by atoms with van der Waals surface area (Å²) >= 11 is 0. The van der Waals surface area contributed by atoms with Crippen molar-refractivity contribution in [2.75, 3.05) is 27.6 Å². The quantitative estimate of drug-likeness (QED) is 0.350. The highest BCUT2D eigenvalue weighted by atomic mass is 16.7. The predicted molar refractivity (Wildman–Crippen MR) is 77.6 cm³/mol. The van der Waals surface area contributed by atoms with Crippen molar-refractivity contribution in [2.45, 2.75) is 46.6 Å². The molecule has 6 heteroatoms. The highest BCUT2D eigenvalue weighted by molar-refractivity contribution is 5.77. The fraction of sp³-hybridized carbons (Fsp3) is 0.867. The monoisotopic (exact) mass is 304 g/mol. The van der Waals surface area contributed by atoms with Crippen LogP contribution in [0.2, 0.25) is 0 Å². The third-order valence-electron chi connectivity index (χ3n) is 3.57. The van der Waals surface area contributed by atoms with E-state index in [9.17, 15) is 9.59 Å². The van der Waals surface area contributed by atoms with Crippen molar-refractivity contribution in [2.24, 2.45) is 11.3 Å². The first-order valence-electron chi connectivity index (χ1n) is 7.15. The molecular formula is C15H28O6. The van der Waals surface area contributed by atoms with E-state index in [-0.39, 0.29) is 12.8 Å². The molecular weight excluding hydrogens is 276 g/mol. The second kappa shape index (κ2) is 9.73. The topological polar surface area (TPSA) is 71.1 Å². The van der Waals surface area contributed by atoms with E-state index in [4.69, 9.17) is 18.9 Å². The summed E-state index contributed by atoms with van der Waals surface area (Å²) in [4.78, 5) is 23.9. The second-order valence-electron chi connectivity index (χ2n) is 5.58. The van der Waals surface area contributed by atoms with Crippen molar-refractivity contribution in [3.05, 3.63) is 0 Å². The summed E-state index contributed by atoms with van der Waals surface area (Å²) in [5.74, 6) is -1.28. The number of rotatable bonds is 10. The lowest BCUT2D eigenvalue weighted by Crippen LogP contribution is -2.36. The zero-order valence-electron chi connectivity index (χ0n) is 13.9. The summed E-state index contributed by atoms with van der Waals surface area (Å²) in [6.07, 6.45) is 0.497. The lowest BCUT2D eigenvalue weighted by atomic mass is 9.90. The number of methoxy groups -OCH3 is 2. The van der Waals surface area contributed by atoms with E-state index >= 15 is 0 Å². The van der Waals surface area contributed by atoms with Gasteiger partial charge >= 0.3 is 11.9 Å². The zero-order valence-corrected chi connectivity index (χ0v) is 13.9. The fourth-order valence-corrected chi connectivity index (χ4v) is 1.60. The van der Waals surface area contributed by atoms with Gasteiger partial charge in [0, 0.05) is 7.11 Å². The number of carbonyl (C=O) groups is 2. The van der Waals surface area contributed by atoms with Gasteiger partial charge in [-0.1, -0.05) is 6.92 Å². The van der Waals surface area contributed by atoms with Crippen LogP contribution in [-0.4, -0.2) is 45.7 Å². The average molecular weight is 304 g/mol. The normalized spacial score (nSPS) is 14.4. The molecule has 21 heavy (non-hydrogen) atoms. The molecule has 2 unspecified atom stereocenters. The maximum atomic E-state index is 12.1. The Morgan fingerprint density at radius 2 is 1.81 bits per heavy atom. The molecule has 0 saturated carbocycles. The van der Waals surface area contributed by atoms with Gasteiger partial charge in [0.2, 0.25) is 0 Å². The first kappa shape index (κ1) is 19.9. The SMILES string of the molecule is CCC(C)(C)C(=O)OC(C)C(CCOCOC)C(=O)OC. The largest absolute Gasteiger partial charge is 0.469 e. The van der Waals surface area contributed by atoms with Gasteiger partial charge in [-0.3, -0.25) is 9.59 Å². The van der Waals surface area contributed by atoms with Crippen molar-refractivity contribution in [3.8, 4) is 0 Å². The van der Waals surface area contributed by atoms with Crippen LogP contribution in [0.15, 0.2) is 0 Å². The zero-order chi connectivity index (χ0) is 16.5. The molecule has 6 nitrogen and oxygen atoms in total. The van der Waals surface area contributed by atoms with Crippen LogP contribution in [0, 0.1) is 11.3 Å². The molecule has 0 aromatic heterocycles. The Labute approximate surface area is 127 Å². The minimum atomic E-state index is -0.568. The Morgan fingerprint density at radius 1 is 1.19 bits per heavy atom. The average Bonchev–Trinajstić information content (AvgIpc) is 2.46. The van der Waals surface area contributed by atoms with Crippen LogP contribution in [0.5, 0.6) is 0 Å². The summed E-state index contributed by atoms with van der Waals surface area (Å²) in [5.41, 5.74) is -0.568. The van der Waals surface area contributed by atoms with Gasteiger partial charge in [0.1, 0.15) is 12.9 Å². The molecule has 0 fully saturated rings. The van der Waals surface area contributed by atoms with E-state index in [1.54, 1.807) is 6.92 Å². The van der Waals surface area contributed by atoms with Crippen LogP contribution >= 0.6 is 0 Å². The number of ether oxygens (including phenoxy) is 4. The van der Waals surface area contributed by atoms with Crippen molar-refractivity contribution in [3.63, 3.8) is 0 Å². The Bertz CT molecular complexity index is 326. The maximum absolute atomic E-state index is 12.1. The fourth-order valence-electron chi connectivity index (χ4n) is 1.60. The third-order valence-corrected chi connectivity index (χ3v) is 3.57. The molecule has 0 spiro atoms. The summed E-state index contributed by atoms with van der Waals surface area (Å²) in [5, 5.41) is 0. The van der Waals surface area contributed by atoms with Crippen LogP contribution in [0.3, 0.4) is 0 Å². The van der Waals surface area contributed by atoms with Crippen LogP contribution in [-0.2, 0) is 28.5 Å². The summed E-state index contributed by atoms with van der Waals surface area (Å²) in [6, 6.07) is 0. The molecule has 0 heterocycles. The number of hydrogen-bond acceptors (Lipinski definition) is 6. The van der Waals surface area contributed by atoms with Gasteiger partial charge in [-0.15, -0.1) is 0 Å². The van der Waals surface area contributed by atoms with E-state index in [0.717, 1.165) is 0 Å². The highest BCUT2D eigenvalue weighted by Crippen LogP contribution is 2.24. The molecule has 0 amide bonds. The van der Waals surface area contributed by atoms with E-state index in [2.05, 4.69) is 0 Å². The van der Waals surface area contributed by atoms with Crippen molar-refractivity contribution < 1.29 is 28.5 Å². The molecule has 0 aromatic rings. The molecule has 0 aliphatic carbocycles. The van der Waals surface area contributed by atoms with E-state index in [1.807, 2.05) is 20.8 Å². The molecule has 0 aromatic carbocycles. The van der Waals surface area contributed by atoms with Gasteiger partial charge in [0.15, 0.2) is 0 Å². The summed E-state index contributed by atoms with van der Waals surface area (Å²) in [6.45, 7) is 7.73. The molecule has 0 aliphatic rings. The summed E-state index contributed by atoms with van der Waals surface area (Å²) < 4.78 is 20.1. The van der Waals surface area contributed by atoms with Crippen LogP contribution in [0.1, 0.15) is 40.5 Å². The molecule has 2 atom stereocenters. The minimum absolute atomic E-state index is 0.158. The molecule has 0 bridgehead atoms. The summed E-state index contributed by atoms with van der Waals surface area (Å²) in [7, 11) is 2.84. The standard InChI is InChI=1S/C15H28O6/c1-7-15(3,4)14(17)21-11(2)12(13(16)19-6)8-9-20-10-18-5/h11-12H,7-10H2,1-6H3. The Hall–Kier alpha value is -1.14. The molecule has 124 valence electrons. The Balaban J connectivity index is 4.61. The lowest BCUT2D eigenvalue weighted by Gasteiger charge is -2.27. The van der Waals surface area contributed by atoms with Crippen molar-refractivity contribution >= 4 is 11.9 Å². The highest BCUT2D eigenvalue weighted by Gasteiger charge is 2.33. The number of esters is 2. The van der Waals surface area contributed by atoms with Crippen molar-refractivity contribution in [1.29, 1.82) is 0 Å². The van der Waals surface area contributed by atoms with Gasteiger partial charge in [-0.2, -0.15) is 0 Å². The molecule has 0 N–H and O–H groups in total. The Morgan fingerprint density at radius 3 is 2.29 bits per heavy atom. The Kier molecular flexibility index (Phi) is 9.21. The van der Waals surface area contributed by atoms with Crippen LogP contribution < -0.4 is 0 Å². The minimum Gasteiger partial charge on any atom is -0.469 e. The first-order valence-corrected chi connectivity index (χ1v) is 7.15. The predicted octanol–water partition coefficient (Wildman–Crippen LogP) is 2.15. The lowest BCUT2D eigenvalue weighted by molar-refractivity contribution is -0.167. The van der Waals surface area contributed by atoms with Gasteiger partial charge in [-0.25, -0.2) is 0 Å². The first-order chi connectivity index (χ1) is 9.80. The van der Waals surface area contributed by atoms with Gasteiger partial charge < -0.3 is 18.9 Å². The molecule has 0 aliphatic heterocycles. The maximum Gasteiger partial charge on any atom is 0.312 e. The van der Waals surface area contributed by atoms with Gasteiger partial charge in [-0.05, 0) is 33.6 Å². The van der Waals surface area contributed by atoms with Crippen molar-refractivity contribution in [1.82, 2.24) is 0 Å². The molecule has 0 radical (unpaired) electrons. The van der Waals surface area contributed by atoms with Crippen LogP contribution in [0.25, 0.3) is 0 Å². The van der Waals surface area contributed by atoms with Gasteiger partial charge in [0.25, 0.3) is 0 Å². The van der Waals surface area contributed by atoms with E-state index in [0.29, 0.717) is 19.4 Å². The van der Waals surface area contributed by atoms with Gasteiger partial charge in [0.05, 0.1) is 25.0 Å². The van der Waals surface area contributed by atoms with E-state index < -0.39 is 23.4 Å². The number of carbonyl (C=O) groups excluding carboxylic acids is 2. The third kappa shape index (κ3) is 6.91. The van der Waals surface area contributed by atoms with Crippen LogP contribution in [0.4, 0.5) is 0 Å². The smallest absolute Gasteiger partial charge is 0.312 e. The molecule has 0 saturated heterocycles. The molecule has 0 rings (SSSR count). The second-order valence-corrected chi connectivity index (χ2v) is 5.58. The van der Waals surface area contributed by atoms with E-state index in [1.165, 1.54) is 14.2 Å².